The van der Waals surface area contributed by atoms with Crippen LogP contribution in [-0.2, 0) is 6.42 Å². The number of anilines is 2. The molecule has 19 heavy (non-hydrogen) atoms. The van der Waals surface area contributed by atoms with Gasteiger partial charge in [0, 0.05) is 31.6 Å². The van der Waals surface area contributed by atoms with Gasteiger partial charge >= 0.3 is 0 Å². The van der Waals surface area contributed by atoms with E-state index in [1.165, 1.54) is 18.4 Å². The molecule has 0 bridgehead atoms. The Kier molecular flexibility index (Phi) is 4.61. The van der Waals surface area contributed by atoms with Crippen LogP contribution in [0.5, 0.6) is 0 Å². The van der Waals surface area contributed by atoms with Gasteiger partial charge in [0.15, 0.2) is 0 Å². The molecule has 1 fully saturated rings. The lowest BCUT2D eigenvalue weighted by atomic mass is 9.99. The number of aromatic nitrogens is 2. The summed E-state index contributed by atoms with van der Waals surface area (Å²) in [4.78, 5) is 11.8. The first kappa shape index (κ1) is 14.1. The van der Waals surface area contributed by atoms with E-state index in [-0.39, 0.29) is 0 Å². The fourth-order valence-electron chi connectivity index (χ4n) is 2.58. The fourth-order valence-corrected chi connectivity index (χ4v) is 2.58. The third-order valence-electron chi connectivity index (χ3n) is 3.91. The standard InChI is InChI=1S/C15H26N4/c1-5-13-17-14(16-6-2)12(4)15(18-13)19-9-7-11(3)8-10-19/h11H,5-10H2,1-4H3,(H,16,17,18). The molecule has 1 saturated heterocycles. The Labute approximate surface area is 116 Å². The van der Waals surface area contributed by atoms with Crippen LogP contribution in [0.3, 0.4) is 0 Å². The zero-order valence-electron chi connectivity index (χ0n) is 12.7. The summed E-state index contributed by atoms with van der Waals surface area (Å²) in [5.41, 5.74) is 1.19. The van der Waals surface area contributed by atoms with Crippen LogP contribution < -0.4 is 10.2 Å². The number of aryl methyl sites for hydroxylation is 1. The molecule has 1 aliphatic rings. The molecule has 0 saturated carbocycles. The van der Waals surface area contributed by atoms with E-state index in [4.69, 9.17) is 4.98 Å². The fraction of sp³-hybridized carbons (Fsp3) is 0.733. The van der Waals surface area contributed by atoms with Gasteiger partial charge in [0.25, 0.3) is 0 Å². The van der Waals surface area contributed by atoms with Crippen molar-refractivity contribution >= 4 is 11.6 Å². The van der Waals surface area contributed by atoms with Crippen molar-refractivity contribution in [1.29, 1.82) is 0 Å². The third kappa shape index (κ3) is 3.17. The van der Waals surface area contributed by atoms with Crippen molar-refractivity contribution in [3.8, 4) is 0 Å². The molecule has 4 heteroatoms. The van der Waals surface area contributed by atoms with E-state index in [1.807, 2.05) is 0 Å². The van der Waals surface area contributed by atoms with Crippen LogP contribution in [0, 0.1) is 12.8 Å². The quantitative estimate of drug-likeness (QED) is 0.905. The molecule has 0 spiro atoms. The van der Waals surface area contributed by atoms with Crippen molar-refractivity contribution in [2.24, 2.45) is 5.92 Å². The van der Waals surface area contributed by atoms with Crippen molar-refractivity contribution in [1.82, 2.24) is 9.97 Å². The van der Waals surface area contributed by atoms with Crippen LogP contribution in [0.25, 0.3) is 0 Å². The first-order chi connectivity index (χ1) is 9.15. The highest BCUT2D eigenvalue weighted by molar-refractivity contribution is 5.58. The van der Waals surface area contributed by atoms with Gasteiger partial charge in [0.1, 0.15) is 17.5 Å². The Balaban J connectivity index is 2.30. The first-order valence-electron chi connectivity index (χ1n) is 7.52. The van der Waals surface area contributed by atoms with E-state index < -0.39 is 0 Å². The third-order valence-corrected chi connectivity index (χ3v) is 3.91. The van der Waals surface area contributed by atoms with Gasteiger partial charge in [0.2, 0.25) is 0 Å². The van der Waals surface area contributed by atoms with Crippen molar-refractivity contribution in [2.75, 3.05) is 29.9 Å². The van der Waals surface area contributed by atoms with Crippen LogP contribution >= 0.6 is 0 Å². The normalized spacial score (nSPS) is 16.7. The second-order valence-electron chi connectivity index (χ2n) is 5.49. The summed E-state index contributed by atoms with van der Waals surface area (Å²) in [6, 6.07) is 0. The molecule has 4 nitrogen and oxygen atoms in total. The number of piperidine rings is 1. The lowest BCUT2D eigenvalue weighted by molar-refractivity contribution is 0.436. The topological polar surface area (TPSA) is 41.1 Å². The van der Waals surface area contributed by atoms with Gasteiger partial charge in [-0.05, 0) is 32.6 Å². The van der Waals surface area contributed by atoms with Gasteiger partial charge in [-0.3, -0.25) is 0 Å². The maximum atomic E-state index is 4.76. The highest BCUT2D eigenvalue weighted by Gasteiger charge is 2.20. The number of rotatable bonds is 4. The maximum absolute atomic E-state index is 4.76. The molecule has 1 aromatic rings. The SMILES string of the molecule is CCNc1nc(CC)nc(N2CCC(C)CC2)c1C. The summed E-state index contributed by atoms with van der Waals surface area (Å²) in [7, 11) is 0. The minimum atomic E-state index is 0.845. The Bertz CT molecular complexity index is 422. The zero-order valence-corrected chi connectivity index (χ0v) is 12.7. The van der Waals surface area contributed by atoms with E-state index in [1.54, 1.807) is 0 Å². The molecule has 0 aromatic carbocycles. The average Bonchev–Trinajstić information content (AvgIpc) is 2.42. The molecular formula is C15H26N4. The predicted octanol–water partition coefficient (Wildman–Crippen LogP) is 3.02. The molecule has 1 aromatic heterocycles. The Morgan fingerprint density at radius 3 is 2.47 bits per heavy atom. The molecule has 0 aliphatic carbocycles. The number of hydrogen-bond acceptors (Lipinski definition) is 4. The van der Waals surface area contributed by atoms with Gasteiger partial charge in [-0.25, -0.2) is 9.97 Å². The van der Waals surface area contributed by atoms with Crippen LogP contribution in [0.2, 0.25) is 0 Å². The van der Waals surface area contributed by atoms with Crippen molar-refractivity contribution < 1.29 is 0 Å². The van der Waals surface area contributed by atoms with Crippen LogP contribution in [0.4, 0.5) is 11.6 Å². The monoisotopic (exact) mass is 262 g/mol. The molecule has 106 valence electrons. The Morgan fingerprint density at radius 2 is 1.89 bits per heavy atom. The smallest absolute Gasteiger partial charge is 0.137 e. The lowest BCUT2D eigenvalue weighted by Gasteiger charge is -2.32. The van der Waals surface area contributed by atoms with Crippen molar-refractivity contribution in [2.45, 2.75) is 47.0 Å². The number of nitrogens with one attached hydrogen (secondary N) is 1. The number of hydrogen-bond donors (Lipinski definition) is 1. The summed E-state index contributed by atoms with van der Waals surface area (Å²) in [6.07, 6.45) is 3.42. The Morgan fingerprint density at radius 1 is 1.21 bits per heavy atom. The molecule has 0 atom stereocenters. The van der Waals surface area contributed by atoms with Crippen molar-refractivity contribution in [3.63, 3.8) is 0 Å². The highest BCUT2D eigenvalue weighted by Crippen LogP contribution is 2.27. The molecular weight excluding hydrogens is 236 g/mol. The molecule has 0 amide bonds. The Hall–Kier alpha value is -1.32. The van der Waals surface area contributed by atoms with Gasteiger partial charge in [-0.15, -0.1) is 0 Å². The van der Waals surface area contributed by atoms with E-state index in [0.717, 1.165) is 49.4 Å². The van der Waals surface area contributed by atoms with Crippen LogP contribution in [-0.4, -0.2) is 29.6 Å². The molecule has 2 heterocycles. The first-order valence-corrected chi connectivity index (χ1v) is 7.52. The minimum Gasteiger partial charge on any atom is -0.370 e. The summed E-state index contributed by atoms with van der Waals surface area (Å²) >= 11 is 0. The van der Waals surface area contributed by atoms with Gasteiger partial charge in [-0.2, -0.15) is 0 Å². The predicted molar refractivity (Wildman–Crippen MR) is 80.9 cm³/mol. The molecule has 2 rings (SSSR count). The average molecular weight is 262 g/mol. The van der Waals surface area contributed by atoms with Gasteiger partial charge in [0.05, 0.1) is 0 Å². The lowest BCUT2D eigenvalue weighted by Crippen LogP contribution is -2.34. The van der Waals surface area contributed by atoms with Crippen LogP contribution in [0.1, 0.15) is 45.0 Å². The molecule has 1 N–H and O–H groups in total. The second kappa shape index (κ2) is 6.22. The number of nitrogens with zero attached hydrogens (tertiary/aromatic N) is 3. The van der Waals surface area contributed by atoms with E-state index in [9.17, 15) is 0 Å². The summed E-state index contributed by atoms with van der Waals surface area (Å²) in [5.74, 6) is 3.92. The van der Waals surface area contributed by atoms with Crippen molar-refractivity contribution in [3.05, 3.63) is 11.4 Å². The summed E-state index contributed by atoms with van der Waals surface area (Å²) in [5, 5.41) is 3.36. The van der Waals surface area contributed by atoms with Gasteiger partial charge in [-0.1, -0.05) is 13.8 Å². The minimum absolute atomic E-state index is 0.845. The van der Waals surface area contributed by atoms with E-state index >= 15 is 0 Å². The second-order valence-corrected chi connectivity index (χ2v) is 5.49. The molecule has 0 unspecified atom stereocenters. The summed E-state index contributed by atoms with van der Waals surface area (Å²) in [6.45, 7) is 11.8. The maximum Gasteiger partial charge on any atom is 0.137 e. The molecule has 0 radical (unpaired) electrons. The highest BCUT2D eigenvalue weighted by atomic mass is 15.2. The van der Waals surface area contributed by atoms with E-state index in [2.05, 4.69) is 42.9 Å². The zero-order chi connectivity index (χ0) is 13.8. The largest absolute Gasteiger partial charge is 0.370 e. The summed E-state index contributed by atoms with van der Waals surface area (Å²) < 4.78 is 0. The van der Waals surface area contributed by atoms with E-state index in [0.29, 0.717) is 0 Å². The molecule has 1 aliphatic heterocycles. The van der Waals surface area contributed by atoms with Gasteiger partial charge < -0.3 is 10.2 Å². The van der Waals surface area contributed by atoms with Crippen LogP contribution in [0.15, 0.2) is 0 Å².